The van der Waals surface area contributed by atoms with Crippen LogP contribution >= 0.6 is 0 Å². The molecule has 0 fully saturated rings. The lowest BCUT2D eigenvalue weighted by Gasteiger charge is -2.14. The van der Waals surface area contributed by atoms with Crippen molar-refractivity contribution in [2.24, 2.45) is 0 Å². The van der Waals surface area contributed by atoms with E-state index in [1.54, 1.807) is 24.3 Å². The van der Waals surface area contributed by atoms with Crippen LogP contribution in [0.4, 0.5) is 29.3 Å². The van der Waals surface area contributed by atoms with E-state index in [2.05, 4.69) is 10.6 Å². The molecule has 0 aliphatic carbocycles. The molecule has 2 aromatic rings. The summed E-state index contributed by atoms with van der Waals surface area (Å²) in [5.41, 5.74) is -1.25. The van der Waals surface area contributed by atoms with E-state index < -0.39 is 23.5 Å². The first-order valence-electron chi connectivity index (χ1n) is 6.43. The first-order valence-corrected chi connectivity index (χ1v) is 6.43. The quantitative estimate of drug-likeness (QED) is 0.745. The third-order valence-electron chi connectivity index (χ3n) is 2.94. The zero-order valence-electron chi connectivity index (χ0n) is 11.9. The molecule has 0 aliphatic rings. The first kappa shape index (κ1) is 16.5. The fraction of sp³-hybridized carbons (Fsp3) is 0.133. The van der Waals surface area contributed by atoms with Crippen LogP contribution in [0.5, 0.6) is 11.5 Å². The Bertz CT molecular complexity index is 717. The molecule has 2 amide bonds. The molecule has 0 bridgehead atoms. The Labute approximate surface area is 129 Å². The number of hydrogen-bond donors (Lipinski definition) is 3. The van der Waals surface area contributed by atoms with Crippen molar-refractivity contribution in [3.8, 4) is 11.5 Å². The number of halogens is 3. The molecule has 0 aromatic heterocycles. The number of anilines is 2. The van der Waals surface area contributed by atoms with Crippen molar-refractivity contribution in [2.75, 3.05) is 17.7 Å². The Morgan fingerprint density at radius 3 is 2.30 bits per heavy atom. The molecule has 23 heavy (non-hydrogen) atoms. The maximum Gasteiger partial charge on any atom is 0.420 e. The van der Waals surface area contributed by atoms with Gasteiger partial charge in [0.2, 0.25) is 0 Å². The number of alkyl halides is 3. The third-order valence-corrected chi connectivity index (χ3v) is 2.94. The Balaban J connectivity index is 2.18. The number of methoxy groups -OCH3 is 1. The summed E-state index contributed by atoms with van der Waals surface area (Å²) in [7, 11) is 1.41. The van der Waals surface area contributed by atoms with Gasteiger partial charge >= 0.3 is 12.2 Å². The van der Waals surface area contributed by atoms with Crippen LogP contribution in [0.2, 0.25) is 0 Å². The number of benzene rings is 2. The van der Waals surface area contributed by atoms with Gasteiger partial charge < -0.3 is 20.5 Å². The van der Waals surface area contributed by atoms with Crippen LogP contribution < -0.4 is 15.4 Å². The standard InChI is InChI=1S/C15H13F3N2O3/c1-23-12-8-3-2-6-10(12)19-14(22)20-11-7-4-5-9(13(11)21)15(16,17)18/h2-8,21H,1H3,(H2,19,20,22). The van der Waals surface area contributed by atoms with Crippen LogP contribution in [0.15, 0.2) is 42.5 Å². The SMILES string of the molecule is COc1ccccc1NC(=O)Nc1cccc(C(F)(F)F)c1O. The van der Waals surface area contributed by atoms with Crippen LogP contribution in [0.25, 0.3) is 0 Å². The minimum atomic E-state index is -4.72. The highest BCUT2D eigenvalue weighted by Crippen LogP contribution is 2.39. The van der Waals surface area contributed by atoms with Gasteiger partial charge in [0, 0.05) is 0 Å². The van der Waals surface area contributed by atoms with Crippen LogP contribution in [0.1, 0.15) is 5.56 Å². The van der Waals surface area contributed by atoms with Gasteiger partial charge in [-0.25, -0.2) is 4.79 Å². The number of rotatable bonds is 3. The van der Waals surface area contributed by atoms with Crippen molar-refractivity contribution in [2.45, 2.75) is 6.18 Å². The van der Waals surface area contributed by atoms with E-state index in [0.29, 0.717) is 11.4 Å². The predicted octanol–water partition coefficient (Wildman–Crippen LogP) is 4.06. The molecule has 122 valence electrons. The van der Waals surface area contributed by atoms with E-state index in [4.69, 9.17) is 4.74 Å². The molecule has 2 rings (SSSR count). The van der Waals surface area contributed by atoms with E-state index >= 15 is 0 Å². The molecule has 0 heterocycles. The Morgan fingerprint density at radius 2 is 1.65 bits per heavy atom. The highest BCUT2D eigenvalue weighted by molar-refractivity contribution is 6.01. The summed E-state index contributed by atoms with van der Waals surface area (Å²) >= 11 is 0. The van der Waals surface area contributed by atoms with Gasteiger partial charge in [0.05, 0.1) is 24.0 Å². The summed E-state index contributed by atoms with van der Waals surface area (Å²) in [5.74, 6) is -0.661. The summed E-state index contributed by atoms with van der Waals surface area (Å²) in [6.07, 6.45) is -4.72. The second-order valence-corrected chi connectivity index (χ2v) is 4.48. The van der Waals surface area contributed by atoms with Crippen molar-refractivity contribution in [1.82, 2.24) is 0 Å². The fourth-order valence-corrected chi connectivity index (χ4v) is 1.90. The van der Waals surface area contributed by atoms with Crippen molar-refractivity contribution in [1.29, 1.82) is 0 Å². The highest BCUT2D eigenvalue weighted by atomic mass is 19.4. The molecule has 0 atom stereocenters. The second-order valence-electron chi connectivity index (χ2n) is 4.48. The number of carbonyl (C=O) groups is 1. The van der Waals surface area contributed by atoms with Crippen molar-refractivity contribution < 1.29 is 27.8 Å². The molecule has 0 aliphatic heterocycles. The van der Waals surface area contributed by atoms with Crippen LogP contribution in [0, 0.1) is 0 Å². The van der Waals surface area contributed by atoms with Gasteiger partial charge in [0.15, 0.2) is 5.75 Å². The number of carbonyl (C=O) groups excluding carboxylic acids is 1. The maximum atomic E-state index is 12.7. The molecule has 8 heteroatoms. The number of nitrogens with one attached hydrogen (secondary N) is 2. The smallest absolute Gasteiger partial charge is 0.420 e. The number of aromatic hydroxyl groups is 1. The largest absolute Gasteiger partial charge is 0.505 e. The number of phenolic OH excluding ortho intramolecular Hbond substituents is 1. The summed E-state index contributed by atoms with van der Waals surface area (Å²) in [5, 5.41) is 14.2. The molecule has 0 saturated carbocycles. The lowest BCUT2D eigenvalue weighted by atomic mass is 10.1. The highest BCUT2D eigenvalue weighted by Gasteiger charge is 2.34. The van der Waals surface area contributed by atoms with E-state index in [1.165, 1.54) is 7.11 Å². The maximum absolute atomic E-state index is 12.7. The summed E-state index contributed by atoms with van der Waals surface area (Å²) in [4.78, 5) is 11.9. The normalized spacial score (nSPS) is 11.0. The first-order chi connectivity index (χ1) is 10.8. The van der Waals surface area contributed by atoms with Gasteiger partial charge in [-0.1, -0.05) is 18.2 Å². The minimum absolute atomic E-state index is 0.332. The van der Waals surface area contributed by atoms with Gasteiger partial charge in [-0.05, 0) is 24.3 Å². The molecule has 0 spiro atoms. The van der Waals surface area contributed by atoms with Crippen molar-refractivity contribution >= 4 is 17.4 Å². The van der Waals surface area contributed by atoms with Crippen LogP contribution in [-0.2, 0) is 6.18 Å². The average Bonchev–Trinajstić information content (AvgIpc) is 2.48. The van der Waals surface area contributed by atoms with Gasteiger partial charge in [-0.3, -0.25) is 0 Å². The zero-order valence-corrected chi connectivity index (χ0v) is 11.9. The zero-order chi connectivity index (χ0) is 17.0. The van der Waals surface area contributed by atoms with E-state index in [0.717, 1.165) is 18.2 Å². The number of amides is 2. The average molecular weight is 326 g/mol. The Kier molecular flexibility index (Phi) is 4.63. The van der Waals surface area contributed by atoms with Gasteiger partial charge in [-0.15, -0.1) is 0 Å². The number of ether oxygens (including phenoxy) is 1. The molecular formula is C15H13F3N2O3. The molecule has 0 radical (unpaired) electrons. The molecule has 2 aromatic carbocycles. The number of urea groups is 1. The summed E-state index contributed by atoms with van der Waals surface area (Å²) < 4.78 is 43.2. The lowest BCUT2D eigenvalue weighted by Crippen LogP contribution is -2.20. The second kappa shape index (κ2) is 6.47. The summed E-state index contributed by atoms with van der Waals surface area (Å²) in [6, 6.07) is 8.67. The van der Waals surface area contributed by atoms with E-state index in [-0.39, 0.29) is 5.69 Å². The lowest BCUT2D eigenvalue weighted by molar-refractivity contribution is -0.138. The molecule has 0 saturated heterocycles. The topological polar surface area (TPSA) is 70.6 Å². The molecule has 0 unspecified atom stereocenters. The van der Waals surface area contributed by atoms with E-state index in [9.17, 15) is 23.1 Å². The Morgan fingerprint density at radius 1 is 1.04 bits per heavy atom. The van der Waals surface area contributed by atoms with Crippen molar-refractivity contribution in [3.63, 3.8) is 0 Å². The van der Waals surface area contributed by atoms with Gasteiger partial charge in [0.1, 0.15) is 5.75 Å². The van der Waals surface area contributed by atoms with Crippen LogP contribution in [-0.4, -0.2) is 18.2 Å². The molecule has 3 N–H and O–H groups in total. The van der Waals surface area contributed by atoms with E-state index in [1.807, 2.05) is 0 Å². The predicted molar refractivity (Wildman–Crippen MR) is 78.7 cm³/mol. The molecule has 5 nitrogen and oxygen atoms in total. The van der Waals surface area contributed by atoms with Gasteiger partial charge in [0.25, 0.3) is 0 Å². The Hall–Kier alpha value is -2.90. The number of para-hydroxylation sites is 3. The van der Waals surface area contributed by atoms with Crippen molar-refractivity contribution in [3.05, 3.63) is 48.0 Å². The fourth-order valence-electron chi connectivity index (χ4n) is 1.90. The molecular weight excluding hydrogens is 313 g/mol. The number of phenols is 1. The third kappa shape index (κ3) is 3.85. The minimum Gasteiger partial charge on any atom is -0.505 e. The number of hydrogen-bond acceptors (Lipinski definition) is 3. The van der Waals surface area contributed by atoms with Gasteiger partial charge in [-0.2, -0.15) is 13.2 Å². The summed E-state index contributed by atoms with van der Waals surface area (Å²) in [6.45, 7) is 0. The van der Waals surface area contributed by atoms with Crippen LogP contribution in [0.3, 0.4) is 0 Å². The monoisotopic (exact) mass is 326 g/mol.